The van der Waals surface area contributed by atoms with E-state index in [-0.39, 0.29) is 6.10 Å². The Balaban J connectivity index is 1.29. The molecule has 2 N–H and O–H groups in total. The lowest BCUT2D eigenvalue weighted by atomic mass is 10.0. The van der Waals surface area contributed by atoms with Crippen LogP contribution in [-0.2, 0) is 6.54 Å². The first-order valence-electron chi connectivity index (χ1n) is 11.3. The van der Waals surface area contributed by atoms with E-state index in [1.807, 2.05) is 31.6 Å². The third-order valence-electron chi connectivity index (χ3n) is 6.37. The van der Waals surface area contributed by atoms with Gasteiger partial charge in [0, 0.05) is 60.7 Å². The first kappa shape index (κ1) is 20.1. The van der Waals surface area contributed by atoms with Gasteiger partial charge >= 0.3 is 0 Å². The van der Waals surface area contributed by atoms with Gasteiger partial charge in [-0.25, -0.2) is 15.0 Å². The standard InChI is InChI=1S/C26H25N5O2/c1-16-30-24-10-20(12-29-26(24)33-16)23-13-28-25-22(23)9-19(11-27-25)18-6-4-17(5-7-18)14-31-8-2-3-21(32)15-31/h4-7,9-13,21,32H,2-3,8,14-15H2,1H3,(H,27,28). The summed E-state index contributed by atoms with van der Waals surface area (Å²) in [5.41, 5.74) is 7.59. The number of piperidine rings is 1. The maximum atomic E-state index is 9.91. The Hall–Kier alpha value is -3.55. The minimum absolute atomic E-state index is 0.199. The number of nitrogens with zero attached hydrogens (tertiary/aromatic N) is 4. The number of aryl methyl sites for hydroxylation is 1. The Morgan fingerprint density at radius 1 is 1.09 bits per heavy atom. The van der Waals surface area contributed by atoms with E-state index in [0.29, 0.717) is 11.6 Å². The highest BCUT2D eigenvalue weighted by molar-refractivity contribution is 5.96. The lowest BCUT2D eigenvalue weighted by Gasteiger charge is -2.29. The van der Waals surface area contributed by atoms with Crippen molar-refractivity contribution in [3.63, 3.8) is 0 Å². The van der Waals surface area contributed by atoms with Crippen LogP contribution in [0.4, 0.5) is 0 Å². The van der Waals surface area contributed by atoms with Crippen LogP contribution in [0.1, 0.15) is 24.3 Å². The molecule has 1 unspecified atom stereocenters. The maximum Gasteiger partial charge on any atom is 0.246 e. The summed E-state index contributed by atoms with van der Waals surface area (Å²) in [5, 5.41) is 11.0. The monoisotopic (exact) mass is 439 g/mol. The summed E-state index contributed by atoms with van der Waals surface area (Å²) in [7, 11) is 0. The Morgan fingerprint density at radius 3 is 2.79 bits per heavy atom. The molecule has 0 spiro atoms. The van der Waals surface area contributed by atoms with Crippen LogP contribution in [0.3, 0.4) is 0 Å². The van der Waals surface area contributed by atoms with Crippen molar-refractivity contribution in [1.29, 1.82) is 0 Å². The molecule has 5 aromatic rings. The van der Waals surface area contributed by atoms with Gasteiger partial charge in [0.1, 0.15) is 11.2 Å². The molecule has 1 fully saturated rings. The molecule has 166 valence electrons. The second-order valence-corrected chi connectivity index (χ2v) is 8.83. The van der Waals surface area contributed by atoms with E-state index in [9.17, 15) is 5.11 Å². The second-order valence-electron chi connectivity index (χ2n) is 8.83. The number of aliphatic hydroxyl groups is 1. The maximum absolute atomic E-state index is 9.91. The largest absolute Gasteiger partial charge is 0.423 e. The topological polar surface area (TPSA) is 91.1 Å². The Labute approximate surface area is 191 Å². The summed E-state index contributed by atoms with van der Waals surface area (Å²) in [6, 6.07) is 12.8. The molecular weight excluding hydrogens is 414 g/mol. The molecule has 5 heterocycles. The van der Waals surface area contributed by atoms with Crippen LogP contribution in [0.5, 0.6) is 0 Å². The average Bonchev–Trinajstić information content (AvgIpc) is 3.41. The molecule has 1 aliphatic rings. The van der Waals surface area contributed by atoms with Gasteiger partial charge in [0.25, 0.3) is 0 Å². The SMILES string of the molecule is Cc1nc2cc(-c3c[nH]c4ncc(-c5ccc(CN6CCCC(O)C6)cc5)cc34)cnc2o1. The lowest BCUT2D eigenvalue weighted by molar-refractivity contribution is 0.0668. The fraction of sp³-hybridized carbons (Fsp3) is 0.269. The number of β-amino-alcohol motifs (C(OH)–C–C–N with tert-alkyl or cyclic N) is 1. The van der Waals surface area contributed by atoms with Gasteiger partial charge < -0.3 is 14.5 Å². The number of aliphatic hydroxyl groups excluding tert-OH is 1. The highest BCUT2D eigenvalue weighted by Gasteiger charge is 2.17. The van der Waals surface area contributed by atoms with Crippen molar-refractivity contribution >= 4 is 22.3 Å². The summed E-state index contributed by atoms with van der Waals surface area (Å²) in [5.74, 6) is 0.609. The molecule has 4 aromatic heterocycles. The van der Waals surface area contributed by atoms with E-state index in [1.165, 1.54) is 5.56 Å². The van der Waals surface area contributed by atoms with Crippen molar-refractivity contribution in [3.8, 4) is 22.3 Å². The zero-order valence-corrected chi connectivity index (χ0v) is 18.5. The predicted octanol–water partition coefficient (Wildman–Crippen LogP) is 4.70. The molecule has 0 bridgehead atoms. The molecule has 6 rings (SSSR count). The molecule has 0 aliphatic carbocycles. The van der Waals surface area contributed by atoms with E-state index in [1.54, 1.807) is 0 Å². The van der Waals surface area contributed by atoms with Crippen molar-refractivity contribution in [2.45, 2.75) is 32.4 Å². The first-order chi connectivity index (χ1) is 16.1. The highest BCUT2D eigenvalue weighted by Crippen LogP contribution is 2.32. The minimum Gasteiger partial charge on any atom is -0.423 e. The van der Waals surface area contributed by atoms with Crippen molar-refractivity contribution < 1.29 is 9.52 Å². The number of aromatic nitrogens is 4. The smallest absolute Gasteiger partial charge is 0.246 e. The third kappa shape index (κ3) is 3.90. The molecule has 1 aliphatic heterocycles. The van der Waals surface area contributed by atoms with E-state index in [4.69, 9.17) is 4.42 Å². The van der Waals surface area contributed by atoms with E-state index in [2.05, 4.69) is 55.2 Å². The summed E-state index contributed by atoms with van der Waals surface area (Å²) >= 11 is 0. The van der Waals surface area contributed by atoms with Gasteiger partial charge in [0.05, 0.1) is 6.10 Å². The van der Waals surface area contributed by atoms with E-state index < -0.39 is 0 Å². The third-order valence-corrected chi connectivity index (χ3v) is 6.37. The minimum atomic E-state index is -0.199. The van der Waals surface area contributed by atoms with Crippen LogP contribution in [0, 0.1) is 6.92 Å². The highest BCUT2D eigenvalue weighted by atomic mass is 16.4. The number of hydrogen-bond acceptors (Lipinski definition) is 6. The van der Waals surface area contributed by atoms with Crippen LogP contribution < -0.4 is 0 Å². The van der Waals surface area contributed by atoms with E-state index >= 15 is 0 Å². The van der Waals surface area contributed by atoms with Gasteiger partial charge in [0.2, 0.25) is 5.71 Å². The number of fused-ring (bicyclic) bond motifs is 2. The predicted molar refractivity (Wildman–Crippen MR) is 128 cm³/mol. The average molecular weight is 440 g/mol. The number of hydrogen-bond donors (Lipinski definition) is 2. The number of aromatic amines is 1. The van der Waals surface area contributed by atoms with E-state index in [0.717, 1.165) is 71.3 Å². The Bertz CT molecular complexity index is 1440. The second kappa shape index (κ2) is 8.10. The summed E-state index contributed by atoms with van der Waals surface area (Å²) < 4.78 is 5.51. The van der Waals surface area contributed by atoms with Gasteiger partial charge in [-0.3, -0.25) is 4.90 Å². The molecule has 33 heavy (non-hydrogen) atoms. The van der Waals surface area contributed by atoms with Crippen LogP contribution in [-0.4, -0.2) is 49.1 Å². The van der Waals surface area contributed by atoms with Crippen LogP contribution in [0.15, 0.2) is 59.4 Å². The van der Waals surface area contributed by atoms with Crippen LogP contribution >= 0.6 is 0 Å². The Morgan fingerprint density at radius 2 is 1.94 bits per heavy atom. The van der Waals surface area contributed by atoms with Gasteiger partial charge in [-0.1, -0.05) is 24.3 Å². The molecule has 0 amide bonds. The molecule has 1 saturated heterocycles. The molecule has 0 saturated carbocycles. The fourth-order valence-electron chi connectivity index (χ4n) is 4.71. The number of rotatable bonds is 4. The number of H-pyrrole nitrogens is 1. The number of oxazole rings is 1. The molecular formula is C26H25N5O2. The molecule has 1 aromatic carbocycles. The zero-order valence-electron chi connectivity index (χ0n) is 18.5. The first-order valence-corrected chi connectivity index (χ1v) is 11.3. The summed E-state index contributed by atoms with van der Waals surface area (Å²) in [6.45, 7) is 4.50. The van der Waals surface area contributed by atoms with Crippen LogP contribution in [0.2, 0.25) is 0 Å². The number of likely N-dealkylation sites (tertiary alicyclic amines) is 1. The molecule has 7 nitrogen and oxygen atoms in total. The van der Waals surface area contributed by atoms with Crippen LogP contribution in [0.25, 0.3) is 44.5 Å². The van der Waals surface area contributed by atoms with Crippen molar-refractivity contribution in [2.24, 2.45) is 0 Å². The number of nitrogens with one attached hydrogen (secondary N) is 1. The quantitative estimate of drug-likeness (QED) is 0.422. The van der Waals surface area contributed by atoms with Crippen molar-refractivity contribution in [1.82, 2.24) is 24.8 Å². The van der Waals surface area contributed by atoms with Gasteiger partial charge in [-0.15, -0.1) is 0 Å². The summed E-state index contributed by atoms with van der Waals surface area (Å²) in [6.07, 6.45) is 7.45. The fourth-order valence-corrected chi connectivity index (χ4v) is 4.71. The number of pyridine rings is 2. The Kier molecular flexibility index (Phi) is 4.93. The number of benzene rings is 1. The molecule has 0 radical (unpaired) electrons. The zero-order chi connectivity index (χ0) is 22.4. The normalized spacial score (nSPS) is 17.2. The van der Waals surface area contributed by atoms with Gasteiger partial charge in [-0.05, 0) is 42.6 Å². The van der Waals surface area contributed by atoms with Gasteiger partial charge in [-0.2, -0.15) is 0 Å². The summed E-state index contributed by atoms with van der Waals surface area (Å²) in [4.78, 5) is 19.1. The van der Waals surface area contributed by atoms with Crippen molar-refractivity contribution in [3.05, 3.63) is 66.4 Å². The van der Waals surface area contributed by atoms with Gasteiger partial charge in [0.15, 0.2) is 5.89 Å². The van der Waals surface area contributed by atoms with Crippen molar-refractivity contribution in [2.75, 3.05) is 13.1 Å². The molecule has 7 heteroatoms. The lowest BCUT2D eigenvalue weighted by Crippen LogP contribution is -2.37. The molecule has 1 atom stereocenters.